The van der Waals surface area contributed by atoms with Crippen LogP contribution in [-0.2, 0) is 12.4 Å². The third-order valence-corrected chi connectivity index (χ3v) is 5.25. The van der Waals surface area contributed by atoms with Crippen molar-refractivity contribution in [2.45, 2.75) is 32.2 Å². The van der Waals surface area contributed by atoms with Crippen molar-refractivity contribution in [2.75, 3.05) is 5.32 Å². The van der Waals surface area contributed by atoms with E-state index in [1.54, 1.807) is 12.4 Å². The van der Waals surface area contributed by atoms with E-state index in [0.29, 0.717) is 34.6 Å². The van der Waals surface area contributed by atoms with Gasteiger partial charge in [-0.05, 0) is 50.2 Å². The minimum atomic E-state index is -4.97. The first-order valence-electron chi connectivity index (χ1n) is 9.88. The summed E-state index contributed by atoms with van der Waals surface area (Å²) in [7, 11) is 0. The third-order valence-electron chi connectivity index (χ3n) is 5.02. The van der Waals surface area contributed by atoms with E-state index in [9.17, 15) is 26.3 Å². The monoisotopic (exact) mass is 499 g/mol. The Morgan fingerprint density at radius 1 is 0.882 bits per heavy atom. The second kappa shape index (κ2) is 8.46. The van der Waals surface area contributed by atoms with E-state index < -0.39 is 29.2 Å². The molecule has 0 aliphatic rings. The number of alkyl halides is 6. The van der Waals surface area contributed by atoms with E-state index in [4.69, 9.17) is 11.6 Å². The highest BCUT2D eigenvalue weighted by Gasteiger charge is 2.37. The van der Waals surface area contributed by atoms with Crippen molar-refractivity contribution in [2.24, 2.45) is 0 Å². The van der Waals surface area contributed by atoms with Gasteiger partial charge in [-0.15, -0.1) is 0 Å². The molecule has 1 N–H and O–H groups in total. The minimum absolute atomic E-state index is 0.0430. The fourth-order valence-corrected chi connectivity index (χ4v) is 3.61. The number of benzene rings is 2. The summed E-state index contributed by atoms with van der Waals surface area (Å²) in [5, 5.41) is 2.87. The average molecular weight is 500 g/mol. The van der Waals surface area contributed by atoms with Gasteiger partial charge in [-0.3, -0.25) is 0 Å². The van der Waals surface area contributed by atoms with Crippen molar-refractivity contribution in [1.29, 1.82) is 0 Å². The van der Waals surface area contributed by atoms with E-state index in [1.807, 2.05) is 18.4 Å². The van der Waals surface area contributed by atoms with E-state index in [1.165, 1.54) is 18.5 Å². The third kappa shape index (κ3) is 4.65. The Balaban J connectivity index is 1.87. The predicted octanol–water partition coefficient (Wildman–Crippen LogP) is 7.51. The van der Waals surface area contributed by atoms with Gasteiger partial charge in [0, 0.05) is 28.0 Å². The highest BCUT2D eigenvalue weighted by Crippen LogP contribution is 2.40. The van der Waals surface area contributed by atoms with E-state index >= 15 is 0 Å². The minimum Gasteiger partial charge on any atom is -0.355 e. The average Bonchev–Trinajstić information content (AvgIpc) is 3.17. The Labute approximate surface area is 194 Å². The van der Waals surface area contributed by atoms with Gasteiger partial charge >= 0.3 is 12.4 Å². The van der Waals surface area contributed by atoms with Crippen molar-refractivity contribution in [3.05, 3.63) is 65.2 Å². The Bertz CT molecular complexity index is 1330. The van der Waals surface area contributed by atoms with Crippen LogP contribution in [0.4, 0.5) is 37.7 Å². The number of aromatic nitrogens is 4. The van der Waals surface area contributed by atoms with E-state index in [-0.39, 0.29) is 22.8 Å². The van der Waals surface area contributed by atoms with Crippen LogP contribution in [0.15, 0.2) is 49.1 Å². The summed E-state index contributed by atoms with van der Waals surface area (Å²) in [5.74, 6) is 0. The first-order chi connectivity index (χ1) is 15.8. The van der Waals surface area contributed by atoms with Crippen LogP contribution in [0.3, 0.4) is 0 Å². The zero-order chi connectivity index (χ0) is 24.8. The molecule has 5 nitrogen and oxygen atoms in total. The molecule has 2 aromatic carbocycles. The van der Waals surface area contributed by atoms with Crippen LogP contribution in [0.1, 0.15) is 31.0 Å². The first-order valence-corrected chi connectivity index (χ1v) is 10.3. The van der Waals surface area contributed by atoms with Gasteiger partial charge in [-0.1, -0.05) is 11.6 Å². The van der Waals surface area contributed by atoms with Crippen LogP contribution in [0.5, 0.6) is 0 Å². The van der Waals surface area contributed by atoms with E-state index in [2.05, 4.69) is 20.3 Å². The zero-order valence-electron chi connectivity index (χ0n) is 17.6. The summed E-state index contributed by atoms with van der Waals surface area (Å²) in [6, 6.07) is 5.78. The molecule has 0 unspecified atom stereocenters. The summed E-state index contributed by atoms with van der Waals surface area (Å²) in [6.07, 6.45) is -7.06. The molecule has 0 atom stereocenters. The smallest absolute Gasteiger partial charge is 0.355 e. The SMILES string of the molecule is CC(C)n1cnc2c(-c3ccc(Cl)cc3Nc3cc(C(F)(F)F)cc(C(F)(F)F)c3)ncnc21. The molecule has 0 bridgehead atoms. The molecule has 0 fully saturated rings. The van der Waals surface area contributed by atoms with Gasteiger partial charge in [-0.25, -0.2) is 15.0 Å². The largest absolute Gasteiger partial charge is 0.416 e. The quantitative estimate of drug-likeness (QED) is 0.295. The highest BCUT2D eigenvalue weighted by molar-refractivity contribution is 6.31. The second-order valence-electron chi connectivity index (χ2n) is 7.75. The van der Waals surface area contributed by atoms with Gasteiger partial charge in [-0.2, -0.15) is 26.3 Å². The van der Waals surface area contributed by atoms with Crippen molar-refractivity contribution in [1.82, 2.24) is 19.5 Å². The molecule has 4 rings (SSSR count). The lowest BCUT2D eigenvalue weighted by Gasteiger charge is -2.17. The summed E-state index contributed by atoms with van der Waals surface area (Å²) < 4.78 is 81.5. The van der Waals surface area contributed by atoms with Crippen LogP contribution in [0.25, 0.3) is 22.4 Å². The predicted molar refractivity (Wildman–Crippen MR) is 116 cm³/mol. The number of anilines is 2. The number of fused-ring (bicyclic) bond motifs is 1. The maximum atomic E-state index is 13.3. The molecule has 0 aliphatic heterocycles. The number of rotatable bonds is 4. The van der Waals surface area contributed by atoms with Gasteiger partial charge in [0.1, 0.15) is 17.5 Å². The van der Waals surface area contributed by atoms with Crippen LogP contribution < -0.4 is 5.32 Å². The maximum absolute atomic E-state index is 13.3. The first kappa shape index (κ1) is 23.8. The summed E-state index contributed by atoms with van der Waals surface area (Å²) in [6.45, 7) is 3.87. The number of nitrogens with one attached hydrogen (secondary N) is 1. The molecule has 34 heavy (non-hydrogen) atoms. The van der Waals surface area contributed by atoms with Crippen molar-refractivity contribution < 1.29 is 26.3 Å². The molecule has 0 radical (unpaired) electrons. The number of halogens is 7. The Hall–Kier alpha value is -3.34. The normalized spacial score (nSPS) is 12.5. The topological polar surface area (TPSA) is 55.6 Å². The van der Waals surface area contributed by atoms with Crippen LogP contribution >= 0.6 is 11.6 Å². The molecule has 178 valence electrons. The Kier molecular flexibility index (Phi) is 5.92. The van der Waals surface area contributed by atoms with E-state index in [0.717, 1.165) is 0 Å². The van der Waals surface area contributed by atoms with Gasteiger partial charge < -0.3 is 9.88 Å². The van der Waals surface area contributed by atoms with Crippen LogP contribution in [0.2, 0.25) is 5.02 Å². The zero-order valence-corrected chi connectivity index (χ0v) is 18.4. The summed E-state index contributed by atoms with van der Waals surface area (Å²) in [5.41, 5.74) is -1.48. The summed E-state index contributed by atoms with van der Waals surface area (Å²) >= 11 is 6.09. The fourth-order valence-electron chi connectivity index (χ4n) is 3.44. The fraction of sp³-hybridized carbons (Fsp3) is 0.227. The van der Waals surface area contributed by atoms with Crippen molar-refractivity contribution in [3.8, 4) is 11.3 Å². The molecule has 4 aromatic rings. The molecule has 0 spiro atoms. The number of hydrogen-bond donors (Lipinski definition) is 1. The Morgan fingerprint density at radius 3 is 2.12 bits per heavy atom. The molecule has 0 amide bonds. The van der Waals surface area contributed by atoms with Crippen molar-refractivity contribution in [3.63, 3.8) is 0 Å². The lowest BCUT2D eigenvalue weighted by Crippen LogP contribution is -2.11. The van der Waals surface area contributed by atoms with Crippen LogP contribution in [0, 0.1) is 0 Å². The van der Waals surface area contributed by atoms with Crippen LogP contribution in [-0.4, -0.2) is 19.5 Å². The molecule has 0 aliphatic carbocycles. The number of hydrogen-bond acceptors (Lipinski definition) is 4. The van der Waals surface area contributed by atoms with Gasteiger partial charge in [0.05, 0.1) is 17.5 Å². The van der Waals surface area contributed by atoms with Gasteiger partial charge in [0.15, 0.2) is 5.65 Å². The maximum Gasteiger partial charge on any atom is 0.416 e. The summed E-state index contributed by atoms with van der Waals surface area (Å²) in [4.78, 5) is 12.9. The highest BCUT2D eigenvalue weighted by atomic mass is 35.5. The molecular weight excluding hydrogens is 484 g/mol. The number of imidazole rings is 1. The second-order valence-corrected chi connectivity index (χ2v) is 8.19. The molecular formula is C22H16ClF6N5. The lowest BCUT2D eigenvalue weighted by atomic mass is 10.1. The molecule has 0 saturated carbocycles. The van der Waals surface area contributed by atoms with Gasteiger partial charge in [0.25, 0.3) is 0 Å². The Morgan fingerprint density at radius 2 is 1.53 bits per heavy atom. The number of nitrogens with zero attached hydrogens (tertiary/aromatic N) is 4. The standard InChI is InChI=1S/C22H16ClF6N5/c1-11(2)34-10-32-19-18(30-9-31-20(19)34)16-4-3-14(23)8-17(16)33-15-6-12(21(24,25)26)5-13(7-15)22(27,28)29/h3-11,33H,1-2H3. The molecule has 2 heterocycles. The molecule has 12 heteroatoms. The van der Waals surface area contributed by atoms with Crippen molar-refractivity contribution >= 4 is 34.1 Å². The molecule has 2 aromatic heterocycles. The molecule has 0 saturated heterocycles. The van der Waals surface area contributed by atoms with Gasteiger partial charge in [0.2, 0.25) is 0 Å². The lowest BCUT2D eigenvalue weighted by molar-refractivity contribution is -0.143.